The highest BCUT2D eigenvalue weighted by Gasteiger charge is 2.16. The summed E-state index contributed by atoms with van der Waals surface area (Å²) in [4.78, 5) is 12.5. The van der Waals surface area contributed by atoms with Crippen molar-refractivity contribution >= 4 is 21.6 Å². The molecule has 0 aliphatic heterocycles. The number of rotatable bonds is 8. The Kier molecular flexibility index (Phi) is 6.62. The van der Waals surface area contributed by atoms with Crippen molar-refractivity contribution < 1.29 is 17.6 Å². The monoisotopic (exact) mass is 426 g/mol. The van der Waals surface area contributed by atoms with Gasteiger partial charge in [0.1, 0.15) is 5.76 Å². The molecule has 1 unspecified atom stereocenters. The maximum absolute atomic E-state index is 12.6. The fourth-order valence-electron chi connectivity index (χ4n) is 3.00. The summed E-state index contributed by atoms with van der Waals surface area (Å²) in [7, 11) is -3.73. The molecule has 1 atom stereocenters. The van der Waals surface area contributed by atoms with Gasteiger partial charge in [0.05, 0.1) is 11.2 Å². The number of amides is 1. The van der Waals surface area contributed by atoms with Crippen molar-refractivity contribution in [1.82, 2.24) is 5.32 Å². The number of benzene rings is 2. The molecule has 0 aliphatic rings. The van der Waals surface area contributed by atoms with E-state index in [1.165, 1.54) is 24.3 Å². The van der Waals surface area contributed by atoms with Gasteiger partial charge in [-0.2, -0.15) is 0 Å². The minimum absolute atomic E-state index is 0.0440. The van der Waals surface area contributed by atoms with E-state index in [4.69, 9.17) is 4.42 Å². The highest BCUT2D eigenvalue weighted by atomic mass is 32.2. The summed E-state index contributed by atoms with van der Waals surface area (Å²) in [6, 6.07) is 15.0. The van der Waals surface area contributed by atoms with Gasteiger partial charge in [-0.3, -0.25) is 9.52 Å². The molecule has 0 bridgehead atoms. The van der Waals surface area contributed by atoms with Crippen LogP contribution in [-0.4, -0.2) is 20.4 Å². The van der Waals surface area contributed by atoms with Crippen molar-refractivity contribution in [1.29, 1.82) is 0 Å². The van der Waals surface area contributed by atoms with Crippen molar-refractivity contribution in [2.24, 2.45) is 0 Å². The lowest BCUT2D eigenvalue weighted by Gasteiger charge is -2.14. The Bertz CT molecular complexity index is 1100. The van der Waals surface area contributed by atoms with Gasteiger partial charge in [-0.1, -0.05) is 6.07 Å². The Morgan fingerprint density at radius 1 is 1.03 bits per heavy atom. The lowest BCUT2D eigenvalue weighted by Crippen LogP contribution is -2.32. The predicted molar refractivity (Wildman–Crippen MR) is 117 cm³/mol. The quantitative estimate of drug-likeness (QED) is 0.557. The summed E-state index contributed by atoms with van der Waals surface area (Å²) in [6.45, 7) is 5.82. The summed E-state index contributed by atoms with van der Waals surface area (Å²) in [5.41, 5.74) is 3.00. The third kappa shape index (κ3) is 5.51. The van der Waals surface area contributed by atoms with Crippen LogP contribution in [0.2, 0.25) is 0 Å². The second kappa shape index (κ2) is 9.17. The van der Waals surface area contributed by atoms with E-state index >= 15 is 0 Å². The van der Waals surface area contributed by atoms with Gasteiger partial charge in [0.2, 0.25) is 0 Å². The molecule has 1 heterocycles. The van der Waals surface area contributed by atoms with Crippen molar-refractivity contribution in [3.05, 3.63) is 83.3 Å². The number of hydrogen-bond acceptors (Lipinski definition) is 4. The lowest BCUT2D eigenvalue weighted by atomic mass is 10.1. The van der Waals surface area contributed by atoms with Crippen LogP contribution in [0, 0.1) is 13.8 Å². The Morgan fingerprint density at radius 2 is 1.77 bits per heavy atom. The zero-order chi connectivity index (χ0) is 21.7. The van der Waals surface area contributed by atoms with Crippen LogP contribution in [-0.2, 0) is 16.4 Å². The zero-order valence-electron chi connectivity index (χ0n) is 17.3. The largest absolute Gasteiger partial charge is 0.469 e. The van der Waals surface area contributed by atoms with E-state index in [0.717, 1.165) is 29.7 Å². The maximum Gasteiger partial charge on any atom is 0.261 e. The van der Waals surface area contributed by atoms with E-state index in [1.54, 1.807) is 18.4 Å². The smallest absolute Gasteiger partial charge is 0.261 e. The molecule has 30 heavy (non-hydrogen) atoms. The fraction of sp³-hybridized carbons (Fsp3) is 0.261. The predicted octanol–water partition coefficient (Wildman–Crippen LogP) is 4.45. The molecule has 158 valence electrons. The first-order valence-corrected chi connectivity index (χ1v) is 11.3. The summed E-state index contributed by atoms with van der Waals surface area (Å²) in [5.74, 6) is 0.634. The van der Waals surface area contributed by atoms with Crippen LogP contribution in [0.3, 0.4) is 0 Å². The minimum Gasteiger partial charge on any atom is -0.469 e. The van der Waals surface area contributed by atoms with Crippen LogP contribution < -0.4 is 10.0 Å². The van der Waals surface area contributed by atoms with Crippen LogP contribution in [0.5, 0.6) is 0 Å². The summed E-state index contributed by atoms with van der Waals surface area (Å²) < 4.78 is 33.1. The molecular weight excluding hydrogens is 400 g/mol. The molecule has 3 rings (SSSR count). The van der Waals surface area contributed by atoms with E-state index in [2.05, 4.69) is 10.0 Å². The maximum atomic E-state index is 12.6. The number of furan rings is 1. The molecule has 2 aromatic carbocycles. The topological polar surface area (TPSA) is 88.4 Å². The Morgan fingerprint density at radius 3 is 2.40 bits per heavy atom. The molecule has 6 nitrogen and oxygen atoms in total. The third-order valence-corrected chi connectivity index (χ3v) is 6.36. The van der Waals surface area contributed by atoms with Gasteiger partial charge in [-0.15, -0.1) is 0 Å². The summed E-state index contributed by atoms with van der Waals surface area (Å²) >= 11 is 0. The molecule has 1 amide bonds. The van der Waals surface area contributed by atoms with E-state index in [1.807, 2.05) is 39.0 Å². The number of aryl methyl sites for hydroxylation is 3. The van der Waals surface area contributed by atoms with Gasteiger partial charge in [-0.25, -0.2) is 8.42 Å². The third-order valence-electron chi connectivity index (χ3n) is 4.97. The van der Waals surface area contributed by atoms with Gasteiger partial charge < -0.3 is 9.73 Å². The molecule has 7 heteroatoms. The molecule has 0 spiro atoms. The van der Waals surface area contributed by atoms with Crippen LogP contribution in [0.4, 0.5) is 5.69 Å². The molecule has 0 aliphatic carbocycles. The van der Waals surface area contributed by atoms with Crippen LogP contribution >= 0.6 is 0 Å². The van der Waals surface area contributed by atoms with E-state index in [-0.39, 0.29) is 16.8 Å². The van der Waals surface area contributed by atoms with Crippen molar-refractivity contribution in [3.8, 4) is 0 Å². The molecule has 3 aromatic rings. The number of sulfonamides is 1. The van der Waals surface area contributed by atoms with Crippen LogP contribution in [0.15, 0.2) is 70.2 Å². The zero-order valence-corrected chi connectivity index (χ0v) is 18.1. The highest BCUT2D eigenvalue weighted by molar-refractivity contribution is 7.92. The number of nitrogens with one attached hydrogen (secondary N) is 2. The second-order valence-corrected chi connectivity index (χ2v) is 9.10. The molecule has 1 aromatic heterocycles. The van der Waals surface area contributed by atoms with Gasteiger partial charge in [-0.05, 0) is 86.8 Å². The Balaban J connectivity index is 1.61. The van der Waals surface area contributed by atoms with Gasteiger partial charge in [0, 0.05) is 23.7 Å². The molecule has 0 saturated carbocycles. The van der Waals surface area contributed by atoms with Crippen molar-refractivity contribution in [2.75, 3.05) is 4.72 Å². The summed E-state index contributed by atoms with van der Waals surface area (Å²) in [6.07, 6.45) is 3.10. The standard InChI is InChI=1S/C23H26N2O4S/c1-16-6-10-20(15-17(16)2)25-30(27,28)22-12-8-19(9-13-22)23(26)24-18(3)7-11-21-5-4-14-29-21/h4-6,8-10,12-15,18,25H,7,11H2,1-3H3,(H,24,26). The van der Waals surface area contributed by atoms with Crippen LogP contribution in [0.1, 0.15) is 40.6 Å². The summed E-state index contributed by atoms with van der Waals surface area (Å²) in [5, 5.41) is 2.92. The molecule has 0 fully saturated rings. The Labute approximate surface area is 177 Å². The Hall–Kier alpha value is -3.06. The molecule has 0 radical (unpaired) electrons. The van der Waals surface area contributed by atoms with Crippen molar-refractivity contribution in [2.45, 2.75) is 44.6 Å². The first-order valence-electron chi connectivity index (χ1n) is 9.78. The average molecular weight is 427 g/mol. The second-order valence-electron chi connectivity index (χ2n) is 7.42. The van der Waals surface area contributed by atoms with Gasteiger partial charge in [0.25, 0.3) is 15.9 Å². The number of carbonyl (C=O) groups excluding carboxylic acids is 1. The number of hydrogen-bond donors (Lipinski definition) is 2. The van der Waals surface area contributed by atoms with Gasteiger partial charge >= 0.3 is 0 Å². The molecule has 2 N–H and O–H groups in total. The number of carbonyl (C=O) groups is 1. The average Bonchev–Trinajstić information content (AvgIpc) is 3.23. The molecular formula is C23H26N2O4S. The molecule has 0 saturated heterocycles. The van der Waals surface area contributed by atoms with Gasteiger partial charge in [0.15, 0.2) is 0 Å². The first kappa shape index (κ1) is 21.6. The SMILES string of the molecule is Cc1ccc(NS(=O)(=O)c2ccc(C(=O)NC(C)CCc3ccco3)cc2)cc1C. The van der Waals surface area contributed by atoms with Crippen LogP contribution in [0.25, 0.3) is 0 Å². The highest BCUT2D eigenvalue weighted by Crippen LogP contribution is 2.19. The normalized spacial score (nSPS) is 12.4. The number of anilines is 1. The van der Waals surface area contributed by atoms with E-state index in [9.17, 15) is 13.2 Å². The van der Waals surface area contributed by atoms with E-state index in [0.29, 0.717) is 11.3 Å². The fourth-order valence-corrected chi connectivity index (χ4v) is 4.05. The lowest BCUT2D eigenvalue weighted by molar-refractivity contribution is 0.0938. The first-order chi connectivity index (χ1) is 14.2. The minimum atomic E-state index is -3.73. The van der Waals surface area contributed by atoms with E-state index < -0.39 is 10.0 Å². The van der Waals surface area contributed by atoms with Crippen molar-refractivity contribution in [3.63, 3.8) is 0 Å².